The molecule has 0 spiro atoms. The molecule has 1 fully saturated rings. The lowest BCUT2D eigenvalue weighted by Crippen LogP contribution is -2.41. The Morgan fingerprint density at radius 1 is 1.58 bits per heavy atom. The summed E-state index contributed by atoms with van der Waals surface area (Å²) in [5.41, 5.74) is -0.0419. The first-order chi connectivity index (χ1) is 5.46. The lowest BCUT2D eigenvalue weighted by molar-refractivity contribution is -0.0429. The molecule has 0 aromatic carbocycles. The quantitative estimate of drug-likeness (QED) is 0.585. The van der Waals surface area contributed by atoms with Gasteiger partial charge in [-0.3, -0.25) is 0 Å². The molecule has 0 heterocycles. The molecule has 0 radical (unpaired) electrons. The molecule has 1 rings (SSSR count). The second kappa shape index (κ2) is 3.19. The highest BCUT2D eigenvalue weighted by molar-refractivity contribution is 5.12. The van der Waals surface area contributed by atoms with Crippen molar-refractivity contribution in [1.82, 2.24) is 0 Å². The fraction of sp³-hybridized carbons (Fsp3) is 0.800. The van der Waals surface area contributed by atoms with Gasteiger partial charge in [-0.1, -0.05) is 13.5 Å². The summed E-state index contributed by atoms with van der Waals surface area (Å²) in [6.45, 7) is 7.59. The predicted molar refractivity (Wildman–Crippen MR) is 48.8 cm³/mol. The molecule has 12 heavy (non-hydrogen) atoms. The van der Waals surface area contributed by atoms with Crippen LogP contribution in [0.4, 0.5) is 0 Å². The highest BCUT2D eigenvalue weighted by Gasteiger charge is 2.37. The second-order valence-corrected chi connectivity index (χ2v) is 4.10. The Bertz CT molecular complexity index is 188. The maximum absolute atomic E-state index is 9.98. The van der Waals surface area contributed by atoms with Gasteiger partial charge in [-0.25, -0.2) is 0 Å². The molecule has 2 N–H and O–H groups in total. The molecule has 1 saturated carbocycles. The largest absolute Gasteiger partial charge is 0.393 e. The Hall–Kier alpha value is -0.340. The Kier molecular flexibility index (Phi) is 2.59. The van der Waals surface area contributed by atoms with Gasteiger partial charge in [0.25, 0.3) is 0 Å². The van der Waals surface area contributed by atoms with E-state index in [-0.39, 0.29) is 6.10 Å². The van der Waals surface area contributed by atoms with Crippen LogP contribution in [0, 0.1) is 5.92 Å². The van der Waals surface area contributed by atoms with E-state index < -0.39 is 5.60 Å². The third-order valence-corrected chi connectivity index (χ3v) is 3.01. The Morgan fingerprint density at radius 2 is 2.17 bits per heavy atom. The fourth-order valence-electron chi connectivity index (χ4n) is 1.70. The summed E-state index contributed by atoms with van der Waals surface area (Å²) < 4.78 is 0. The average Bonchev–Trinajstić information content (AvgIpc) is 1.97. The van der Waals surface area contributed by atoms with Gasteiger partial charge in [-0.15, -0.1) is 0 Å². The van der Waals surface area contributed by atoms with E-state index in [4.69, 9.17) is 0 Å². The Balaban J connectivity index is 2.66. The van der Waals surface area contributed by atoms with Crippen molar-refractivity contribution in [3.8, 4) is 0 Å². The van der Waals surface area contributed by atoms with Gasteiger partial charge in [0.05, 0.1) is 11.7 Å². The molecule has 2 heteroatoms. The maximum Gasteiger partial charge on any atom is 0.0876 e. The highest BCUT2D eigenvalue weighted by Crippen LogP contribution is 2.36. The van der Waals surface area contributed by atoms with Crippen LogP contribution < -0.4 is 0 Å². The predicted octanol–water partition coefficient (Wildman–Crippen LogP) is 1.47. The molecule has 3 unspecified atom stereocenters. The highest BCUT2D eigenvalue weighted by atomic mass is 16.3. The van der Waals surface area contributed by atoms with Crippen LogP contribution in [-0.4, -0.2) is 21.9 Å². The SMILES string of the molecule is C=C(C)C1(O)CCC(C)C(O)C1. The van der Waals surface area contributed by atoms with Crippen molar-refractivity contribution in [3.63, 3.8) is 0 Å². The summed E-state index contributed by atoms with van der Waals surface area (Å²) in [7, 11) is 0. The third-order valence-electron chi connectivity index (χ3n) is 3.01. The molecule has 0 saturated heterocycles. The van der Waals surface area contributed by atoms with Crippen molar-refractivity contribution < 1.29 is 10.2 Å². The lowest BCUT2D eigenvalue weighted by atomic mass is 9.75. The van der Waals surface area contributed by atoms with Gasteiger partial charge in [0, 0.05) is 6.42 Å². The van der Waals surface area contributed by atoms with Gasteiger partial charge in [0.2, 0.25) is 0 Å². The third kappa shape index (κ3) is 1.70. The minimum Gasteiger partial charge on any atom is -0.393 e. The van der Waals surface area contributed by atoms with Crippen LogP contribution >= 0.6 is 0 Å². The molecule has 0 aromatic heterocycles. The van der Waals surface area contributed by atoms with Crippen molar-refractivity contribution in [2.24, 2.45) is 5.92 Å². The van der Waals surface area contributed by atoms with Crippen molar-refractivity contribution >= 4 is 0 Å². The first-order valence-electron chi connectivity index (χ1n) is 4.52. The second-order valence-electron chi connectivity index (χ2n) is 4.10. The lowest BCUT2D eigenvalue weighted by Gasteiger charge is -2.38. The van der Waals surface area contributed by atoms with E-state index in [0.29, 0.717) is 12.3 Å². The minimum atomic E-state index is -0.814. The van der Waals surface area contributed by atoms with Crippen LogP contribution in [0.5, 0.6) is 0 Å². The van der Waals surface area contributed by atoms with E-state index in [0.717, 1.165) is 18.4 Å². The molecule has 3 atom stereocenters. The van der Waals surface area contributed by atoms with E-state index in [9.17, 15) is 10.2 Å². The molecule has 0 aliphatic heterocycles. The first kappa shape index (κ1) is 9.75. The van der Waals surface area contributed by atoms with E-state index in [1.165, 1.54) is 0 Å². The summed E-state index contributed by atoms with van der Waals surface area (Å²) in [6, 6.07) is 0. The Morgan fingerprint density at radius 3 is 2.58 bits per heavy atom. The van der Waals surface area contributed by atoms with E-state index in [1.54, 1.807) is 0 Å². The van der Waals surface area contributed by atoms with Crippen molar-refractivity contribution in [3.05, 3.63) is 12.2 Å². The summed E-state index contributed by atoms with van der Waals surface area (Å²) >= 11 is 0. The molecule has 2 nitrogen and oxygen atoms in total. The van der Waals surface area contributed by atoms with E-state index in [1.807, 2.05) is 13.8 Å². The summed E-state index contributed by atoms with van der Waals surface area (Å²) in [5, 5.41) is 19.5. The van der Waals surface area contributed by atoms with Crippen LogP contribution in [0.3, 0.4) is 0 Å². The molecule has 0 amide bonds. The van der Waals surface area contributed by atoms with Gasteiger partial charge >= 0.3 is 0 Å². The van der Waals surface area contributed by atoms with Gasteiger partial charge < -0.3 is 10.2 Å². The van der Waals surface area contributed by atoms with Crippen molar-refractivity contribution in [1.29, 1.82) is 0 Å². The topological polar surface area (TPSA) is 40.5 Å². The normalized spacial score (nSPS) is 42.7. The first-order valence-corrected chi connectivity index (χ1v) is 4.52. The van der Waals surface area contributed by atoms with Gasteiger partial charge in [-0.05, 0) is 31.3 Å². The van der Waals surface area contributed by atoms with Crippen LogP contribution in [0.1, 0.15) is 33.1 Å². The van der Waals surface area contributed by atoms with Crippen LogP contribution in [-0.2, 0) is 0 Å². The molecular weight excluding hydrogens is 152 g/mol. The zero-order chi connectivity index (χ0) is 9.35. The number of aliphatic hydroxyl groups is 2. The number of rotatable bonds is 1. The summed E-state index contributed by atoms with van der Waals surface area (Å²) in [5.74, 6) is 0.310. The van der Waals surface area contributed by atoms with Crippen molar-refractivity contribution in [2.45, 2.75) is 44.8 Å². The van der Waals surface area contributed by atoms with Crippen LogP contribution in [0.2, 0.25) is 0 Å². The van der Waals surface area contributed by atoms with Crippen LogP contribution in [0.15, 0.2) is 12.2 Å². The number of aliphatic hydroxyl groups excluding tert-OH is 1. The minimum absolute atomic E-state index is 0.310. The fourth-order valence-corrected chi connectivity index (χ4v) is 1.70. The zero-order valence-corrected chi connectivity index (χ0v) is 7.88. The molecule has 0 aromatic rings. The standard InChI is InChI=1S/C10H18O2/c1-7(2)10(12)5-4-8(3)9(11)6-10/h8-9,11-12H,1,4-6H2,2-3H3. The Labute approximate surface area is 73.9 Å². The number of hydrogen-bond donors (Lipinski definition) is 2. The van der Waals surface area contributed by atoms with Crippen LogP contribution in [0.25, 0.3) is 0 Å². The molecule has 70 valence electrons. The monoisotopic (exact) mass is 170 g/mol. The van der Waals surface area contributed by atoms with E-state index in [2.05, 4.69) is 6.58 Å². The van der Waals surface area contributed by atoms with Gasteiger partial charge in [0.1, 0.15) is 0 Å². The number of hydrogen-bond acceptors (Lipinski definition) is 2. The van der Waals surface area contributed by atoms with Crippen molar-refractivity contribution in [2.75, 3.05) is 0 Å². The molecular formula is C10H18O2. The molecule has 1 aliphatic rings. The zero-order valence-electron chi connectivity index (χ0n) is 7.88. The average molecular weight is 170 g/mol. The molecule has 1 aliphatic carbocycles. The summed E-state index contributed by atoms with van der Waals surface area (Å²) in [4.78, 5) is 0. The smallest absolute Gasteiger partial charge is 0.0876 e. The van der Waals surface area contributed by atoms with E-state index >= 15 is 0 Å². The maximum atomic E-state index is 9.98. The summed E-state index contributed by atoms with van der Waals surface area (Å²) in [6.07, 6.45) is 1.69. The molecule has 0 bridgehead atoms. The van der Waals surface area contributed by atoms with Gasteiger partial charge in [-0.2, -0.15) is 0 Å². The van der Waals surface area contributed by atoms with Gasteiger partial charge in [0.15, 0.2) is 0 Å².